The minimum atomic E-state index is 0.0223. The molecule has 1 aliphatic rings. The van der Waals surface area contributed by atoms with Crippen molar-refractivity contribution in [2.75, 3.05) is 44.3 Å². The van der Waals surface area contributed by atoms with Crippen LogP contribution in [-0.4, -0.2) is 55.2 Å². The number of carbonyl (C=O) groups is 1. The third kappa shape index (κ3) is 4.56. The number of hydrogen-bond acceptors (Lipinski definition) is 5. The normalized spacial score (nSPS) is 14.9. The lowest BCUT2D eigenvalue weighted by Gasteiger charge is -2.27. The first-order valence-electron chi connectivity index (χ1n) is 10.6. The minimum absolute atomic E-state index is 0.0223. The van der Waals surface area contributed by atoms with Crippen LogP contribution in [0.5, 0.6) is 0 Å². The fraction of sp³-hybridized carbons (Fsp3) is 0.417. The van der Waals surface area contributed by atoms with Crippen LogP contribution < -0.4 is 4.90 Å². The number of fused-ring (bicyclic) bond motifs is 1. The van der Waals surface area contributed by atoms with Crippen molar-refractivity contribution in [1.82, 2.24) is 9.88 Å². The maximum Gasteiger partial charge on any atom is 0.260 e. The molecule has 0 atom stereocenters. The standard InChI is InChI=1S/C24H29N3O2S/c1-17-6-4-7-20(16-17)23(28)27(11-5-10-26-12-14-29-15-13-26)24-25-22-19(3)18(2)8-9-21(22)30-24/h4,6-9,16H,5,10-15H2,1-3H3. The molecule has 0 spiro atoms. The largest absolute Gasteiger partial charge is 0.379 e. The summed E-state index contributed by atoms with van der Waals surface area (Å²) in [5.74, 6) is 0.0223. The molecule has 5 nitrogen and oxygen atoms in total. The van der Waals surface area contributed by atoms with E-state index in [9.17, 15) is 4.79 Å². The summed E-state index contributed by atoms with van der Waals surface area (Å²) in [6.45, 7) is 11.4. The monoisotopic (exact) mass is 423 g/mol. The van der Waals surface area contributed by atoms with Gasteiger partial charge in [-0.15, -0.1) is 0 Å². The molecular weight excluding hydrogens is 394 g/mol. The van der Waals surface area contributed by atoms with Crippen LogP contribution in [0.15, 0.2) is 36.4 Å². The Kier molecular flexibility index (Phi) is 6.46. The summed E-state index contributed by atoms with van der Waals surface area (Å²) >= 11 is 1.60. The van der Waals surface area contributed by atoms with E-state index in [2.05, 4.69) is 30.9 Å². The lowest BCUT2D eigenvalue weighted by Crippen LogP contribution is -2.39. The Morgan fingerprint density at radius 1 is 1.17 bits per heavy atom. The van der Waals surface area contributed by atoms with Gasteiger partial charge in [-0.1, -0.05) is 35.1 Å². The van der Waals surface area contributed by atoms with Crippen molar-refractivity contribution in [2.24, 2.45) is 0 Å². The van der Waals surface area contributed by atoms with Gasteiger partial charge in [0.05, 0.1) is 23.4 Å². The van der Waals surface area contributed by atoms with Gasteiger partial charge in [0.15, 0.2) is 5.13 Å². The first kappa shape index (κ1) is 21.0. The van der Waals surface area contributed by atoms with Crippen LogP contribution in [0.4, 0.5) is 5.13 Å². The molecule has 1 saturated heterocycles. The van der Waals surface area contributed by atoms with Crippen LogP contribution in [-0.2, 0) is 4.74 Å². The van der Waals surface area contributed by atoms with Crippen molar-refractivity contribution < 1.29 is 9.53 Å². The Hall–Kier alpha value is -2.28. The summed E-state index contributed by atoms with van der Waals surface area (Å²) in [7, 11) is 0. The lowest BCUT2D eigenvalue weighted by atomic mass is 10.1. The van der Waals surface area contributed by atoms with E-state index in [4.69, 9.17) is 9.72 Å². The van der Waals surface area contributed by atoms with Crippen molar-refractivity contribution in [2.45, 2.75) is 27.2 Å². The Morgan fingerprint density at radius 2 is 1.97 bits per heavy atom. The Morgan fingerprint density at radius 3 is 2.73 bits per heavy atom. The van der Waals surface area contributed by atoms with Gasteiger partial charge in [0.2, 0.25) is 0 Å². The molecule has 0 bridgehead atoms. The predicted molar refractivity (Wildman–Crippen MR) is 124 cm³/mol. The van der Waals surface area contributed by atoms with Gasteiger partial charge in [-0.25, -0.2) is 4.98 Å². The van der Waals surface area contributed by atoms with E-state index in [0.717, 1.165) is 60.2 Å². The summed E-state index contributed by atoms with van der Waals surface area (Å²) in [6, 6.07) is 12.1. The van der Waals surface area contributed by atoms with Gasteiger partial charge < -0.3 is 4.74 Å². The summed E-state index contributed by atoms with van der Waals surface area (Å²) in [4.78, 5) is 22.6. The van der Waals surface area contributed by atoms with Crippen molar-refractivity contribution in [3.8, 4) is 0 Å². The van der Waals surface area contributed by atoms with Gasteiger partial charge in [0.1, 0.15) is 0 Å². The molecule has 2 aromatic carbocycles. The predicted octanol–water partition coefficient (Wildman–Crippen LogP) is 4.59. The number of aryl methyl sites for hydroxylation is 3. The van der Waals surface area contributed by atoms with E-state index in [-0.39, 0.29) is 5.91 Å². The number of hydrogen-bond donors (Lipinski definition) is 0. The zero-order valence-electron chi connectivity index (χ0n) is 18.0. The number of ether oxygens (including phenoxy) is 1. The first-order chi connectivity index (χ1) is 14.5. The molecule has 6 heteroatoms. The molecule has 4 rings (SSSR count). The molecule has 158 valence electrons. The minimum Gasteiger partial charge on any atom is -0.379 e. The zero-order chi connectivity index (χ0) is 21.1. The van der Waals surface area contributed by atoms with E-state index < -0.39 is 0 Å². The van der Waals surface area contributed by atoms with Crippen LogP contribution >= 0.6 is 11.3 Å². The van der Waals surface area contributed by atoms with Crippen molar-refractivity contribution in [1.29, 1.82) is 0 Å². The summed E-state index contributed by atoms with van der Waals surface area (Å²) < 4.78 is 6.57. The van der Waals surface area contributed by atoms with E-state index in [1.54, 1.807) is 11.3 Å². The average Bonchev–Trinajstić information content (AvgIpc) is 3.19. The fourth-order valence-corrected chi connectivity index (χ4v) is 4.87. The van der Waals surface area contributed by atoms with E-state index in [1.165, 1.54) is 11.1 Å². The lowest BCUT2D eigenvalue weighted by molar-refractivity contribution is 0.0376. The van der Waals surface area contributed by atoms with Crippen molar-refractivity contribution in [3.05, 3.63) is 58.7 Å². The molecule has 1 aromatic heterocycles. The molecule has 0 unspecified atom stereocenters. The number of morpholine rings is 1. The number of thiazole rings is 1. The molecule has 0 radical (unpaired) electrons. The molecule has 0 saturated carbocycles. The molecule has 1 amide bonds. The molecule has 3 aromatic rings. The van der Waals surface area contributed by atoms with Gasteiger partial charge in [-0.05, 0) is 56.5 Å². The maximum atomic E-state index is 13.5. The van der Waals surface area contributed by atoms with E-state index in [0.29, 0.717) is 12.1 Å². The van der Waals surface area contributed by atoms with Gasteiger partial charge in [-0.2, -0.15) is 0 Å². The van der Waals surface area contributed by atoms with E-state index >= 15 is 0 Å². The zero-order valence-corrected chi connectivity index (χ0v) is 18.8. The van der Waals surface area contributed by atoms with Crippen LogP contribution in [0, 0.1) is 20.8 Å². The number of benzene rings is 2. The van der Waals surface area contributed by atoms with Crippen molar-refractivity contribution in [3.63, 3.8) is 0 Å². The van der Waals surface area contributed by atoms with Crippen LogP contribution in [0.3, 0.4) is 0 Å². The number of anilines is 1. The number of carbonyl (C=O) groups excluding carboxylic acids is 1. The molecule has 1 fully saturated rings. The number of amides is 1. The quantitative estimate of drug-likeness (QED) is 0.582. The smallest absolute Gasteiger partial charge is 0.260 e. The van der Waals surface area contributed by atoms with Crippen LogP contribution in [0.1, 0.15) is 33.5 Å². The number of rotatable bonds is 6. The third-order valence-corrected chi connectivity index (χ3v) is 6.82. The van der Waals surface area contributed by atoms with Gasteiger partial charge in [0, 0.05) is 31.7 Å². The second-order valence-corrected chi connectivity index (χ2v) is 8.99. The SMILES string of the molecule is Cc1cccc(C(=O)N(CCCN2CCOCC2)c2nc3c(C)c(C)ccc3s2)c1. The number of aromatic nitrogens is 1. The maximum absolute atomic E-state index is 13.5. The Labute approximate surface area is 182 Å². The van der Waals surface area contributed by atoms with Crippen molar-refractivity contribution >= 4 is 32.6 Å². The third-order valence-electron chi connectivity index (χ3n) is 5.77. The highest BCUT2D eigenvalue weighted by atomic mass is 32.1. The molecule has 2 heterocycles. The first-order valence-corrected chi connectivity index (χ1v) is 11.4. The summed E-state index contributed by atoms with van der Waals surface area (Å²) in [5, 5.41) is 0.784. The highest BCUT2D eigenvalue weighted by Gasteiger charge is 2.22. The van der Waals surface area contributed by atoms with Gasteiger partial charge in [-0.3, -0.25) is 14.6 Å². The Bertz CT molecular complexity index is 1040. The molecule has 0 aliphatic carbocycles. The van der Waals surface area contributed by atoms with E-state index in [1.807, 2.05) is 36.1 Å². The molecule has 30 heavy (non-hydrogen) atoms. The summed E-state index contributed by atoms with van der Waals surface area (Å²) in [5.41, 5.74) is 5.22. The fourth-order valence-electron chi connectivity index (χ4n) is 3.82. The van der Waals surface area contributed by atoms with Gasteiger partial charge >= 0.3 is 0 Å². The Balaban J connectivity index is 1.60. The topological polar surface area (TPSA) is 45.7 Å². The van der Waals surface area contributed by atoms with Crippen LogP contribution in [0.2, 0.25) is 0 Å². The highest BCUT2D eigenvalue weighted by Crippen LogP contribution is 2.32. The second kappa shape index (κ2) is 9.25. The highest BCUT2D eigenvalue weighted by molar-refractivity contribution is 7.22. The molecule has 0 N–H and O–H groups in total. The van der Waals surface area contributed by atoms with Gasteiger partial charge in [0.25, 0.3) is 5.91 Å². The summed E-state index contributed by atoms with van der Waals surface area (Å²) in [6.07, 6.45) is 0.908. The second-order valence-electron chi connectivity index (χ2n) is 7.98. The van der Waals surface area contributed by atoms with Crippen LogP contribution in [0.25, 0.3) is 10.2 Å². The molecule has 1 aliphatic heterocycles. The number of nitrogens with zero attached hydrogens (tertiary/aromatic N) is 3. The average molecular weight is 424 g/mol. The molecular formula is C24H29N3O2S.